The zero-order valence-electron chi connectivity index (χ0n) is 16.5. The third-order valence-corrected chi connectivity index (χ3v) is 5.31. The van der Waals surface area contributed by atoms with Crippen molar-refractivity contribution in [2.75, 3.05) is 45.8 Å². The summed E-state index contributed by atoms with van der Waals surface area (Å²) >= 11 is 0. The van der Waals surface area contributed by atoms with Gasteiger partial charge in [0.05, 0.1) is 6.54 Å². The number of pyridine rings is 1. The number of rotatable bonds is 5. The molecule has 3 amide bonds. The lowest BCUT2D eigenvalue weighted by Gasteiger charge is -2.35. The smallest absolute Gasteiger partial charge is 0.317 e. The van der Waals surface area contributed by atoms with E-state index in [1.54, 1.807) is 0 Å². The Morgan fingerprint density at radius 1 is 1.07 bits per heavy atom. The fourth-order valence-electron chi connectivity index (χ4n) is 3.75. The van der Waals surface area contributed by atoms with Crippen LogP contribution in [0.3, 0.4) is 0 Å². The van der Waals surface area contributed by atoms with Crippen LogP contribution in [-0.2, 0) is 11.2 Å². The quantitative estimate of drug-likeness (QED) is 0.844. The second-order valence-corrected chi connectivity index (χ2v) is 7.68. The molecule has 2 aliphatic heterocycles. The molecule has 27 heavy (non-hydrogen) atoms. The molecule has 3 rings (SSSR count). The average molecular weight is 374 g/mol. The van der Waals surface area contributed by atoms with E-state index in [0.29, 0.717) is 19.6 Å². The Balaban J connectivity index is 1.39. The van der Waals surface area contributed by atoms with E-state index in [2.05, 4.69) is 15.2 Å². The van der Waals surface area contributed by atoms with Gasteiger partial charge in [0.2, 0.25) is 5.91 Å². The zero-order chi connectivity index (χ0) is 19.2. The number of likely N-dealkylation sites (tertiary alicyclic amines) is 1. The van der Waals surface area contributed by atoms with Crippen molar-refractivity contribution < 1.29 is 9.59 Å². The first kappa shape index (κ1) is 19.6. The van der Waals surface area contributed by atoms with Crippen LogP contribution in [0.15, 0.2) is 18.2 Å². The zero-order valence-corrected chi connectivity index (χ0v) is 16.5. The van der Waals surface area contributed by atoms with E-state index in [4.69, 9.17) is 0 Å². The second kappa shape index (κ2) is 9.17. The summed E-state index contributed by atoms with van der Waals surface area (Å²) in [5.74, 6) is 0.227. The van der Waals surface area contributed by atoms with Gasteiger partial charge in [-0.2, -0.15) is 0 Å². The van der Waals surface area contributed by atoms with E-state index in [9.17, 15) is 9.59 Å². The highest BCUT2D eigenvalue weighted by Gasteiger charge is 2.25. The minimum atomic E-state index is -0.0272. The van der Waals surface area contributed by atoms with E-state index >= 15 is 0 Å². The lowest BCUT2D eigenvalue weighted by molar-refractivity contribution is -0.131. The molecule has 2 saturated heterocycles. The molecule has 3 heterocycles. The third kappa shape index (κ3) is 5.66. The monoisotopic (exact) mass is 373 g/mol. The molecule has 2 fully saturated rings. The Morgan fingerprint density at radius 2 is 1.78 bits per heavy atom. The van der Waals surface area contributed by atoms with Crippen molar-refractivity contribution in [3.8, 4) is 0 Å². The summed E-state index contributed by atoms with van der Waals surface area (Å²) in [6, 6.07) is 5.96. The maximum Gasteiger partial charge on any atom is 0.317 e. The van der Waals surface area contributed by atoms with Crippen molar-refractivity contribution in [3.05, 3.63) is 29.6 Å². The van der Waals surface area contributed by atoms with Crippen LogP contribution in [0.4, 0.5) is 4.79 Å². The summed E-state index contributed by atoms with van der Waals surface area (Å²) in [6.07, 6.45) is 2.96. The van der Waals surface area contributed by atoms with Crippen molar-refractivity contribution >= 4 is 11.9 Å². The summed E-state index contributed by atoms with van der Waals surface area (Å²) in [5, 5.41) is 3.07. The largest absolute Gasteiger partial charge is 0.342 e. The van der Waals surface area contributed by atoms with Crippen LogP contribution < -0.4 is 5.32 Å². The summed E-state index contributed by atoms with van der Waals surface area (Å²) in [4.78, 5) is 35.2. The first-order valence-corrected chi connectivity index (χ1v) is 9.99. The molecular weight excluding hydrogens is 342 g/mol. The summed E-state index contributed by atoms with van der Waals surface area (Å²) in [6.45, 7) is 9.08. The summed E-state index contributed by atoms with van der Waals surface area (Å²) in [5.41, 5.74) is 1.98. The Hall–Kier alpha value is -2.15. The van der Waals surface area contributed by atoms with Gasteiger partial charge in [0, 0.05) is 63.1 Å². The predicted molar refractivity (Wildman–Crippen MR) is 104 cm³/mol. The molecule has 7 nitrogen and oxygen atoms in total. The van der Waals surface area contributed by atoms with Crippen LogP contribution >= 0.6 is 0 Å². The van der Waals surface area contributed by atoms with E-state index in [1.807, 2.05) is 41.8 Å². The van der Waals surface area contributed by atoms with Crippen LogP contribution in [0.2, 0.25) is 0 Å². The maximum atomic E-state index is 12.5. The molecule has 0 aliphatic carbocycles. The summed E-state index contributed by atoms with van der Waals surface area (Å²) < 4.78 is 0. The molecule has 2 aliphatic rings. The molecule has 0 unspecified atom stereocenters. The number of piperazine rings is 1. The lowest BCUT2D eigenvalue weighted by Crippen LogP contribution is -2.54. The van der Waals surface area contributed by atoms with Gasteiger partial charge in [-0.15, -0.1) is 0 Å². The molecule has 0 aromatic carbocycles. The van der Waals surface area contributed by atoms with Crippen LogP contribution in [-0.4, -0.2) is 83.5 Å². The number of carbonyl (C=O) groups excluding carboxylic acids is 2. The van der Waals surface area contributed by atoms with Gasteiger partial charge in [0.15, 0.2) is 0 Å². The highest BCUT2D eigenvalue weighted by Crippen LogP contribution is 2.10. The molecule has 1 aromatic rings. The number of amides is 3. The number of nitrogens with zero attached hydrogens (tertiary/aromatic N) is 4. The molecule has 0 radical (unpaired) electrons. The van der Waals surface area contributed by atoms with Crippen LogP contribution in [0.25, 0.3) is 0 Å². The SMILES string of the molecule is Cc1cccc(C[C@H](C)NC(=O)N2CCN(CC(=O)N3CCCC3)CC2)n1. The van der Waals surface area contributed by atoms with Crippen molar-refractivity contribution in [2.24, 2.45) is 0 Å². The van der Waals surface area contributed by atoms with Gasteiger partial charge in [-0.05, 0) is 38.8 Å². The first-order valence-electron chi connectivity index (χ1n) is 9.99. The Morgan fingerprint density at radius 3 is 2.44 bits per heavy atom. The molecule has 148 valence electrons. The highest BCUT2D eigenvalue weighted by molar-refractivity contribution is 5.78. The Kier molecular flexibility index (Phi) is 6.66. The van der Waals surface area contributed by atoms with Gasteiger partial charge in [0.25, 0.3) is 0 Å². The number of aromatic nitrogens is 1. The van der Waals surface area contributed by atoms with Crippen molar-refractivity contribution in [2.45, 2.75) is 39.2 Å². The van der Waals surface area contributed by atoms with Gasteiger partial charge in [-0.25, -0.2) is 4.79 Å². The highest BCUT2D eigenvalue weighted by atomic mass is 16.2. The van der Waals surface area contributed by atoms with Gasteiger partial charge in [-0.3, -0.25) is 14.7 Å². The number of hydrogen-bond acceptors (Lipinski definition) is 4. The molecule has 7 heteroatoms. The number of nitrogens with one attached hydrogen (secondary N) is 1. The minimum Gasteiger partial charge on any atom is -0.342 e. The standard InChI is InChI=1S/C20H31N5O2/c1-16-6-5-7-18(21-16)14-17(2)22-20(27)25-12-10-23(11-13-25)15-19(26)24-8-3-4-9-24/h5-7,17H,3-4,8-15H2,1-2H3,(H,22,27)/t17-/m0/s1. The molecule has 0 bridgehead atoms. The molecule has 0 spiro atoms. The fourth-order valence-corrected chi connectivity index (χ4v) is 3.75. The lowest BCUT2D eigenvalue weighted by atomic mass is 10.1. The van der Waals surface area contributed by atoms with Gasteiger partial charge in [0.1, 0.15) is 0 Å². The topological polar surface area (TPSA) is 68.8 Å². The normalized spacial score (nSPS) is 19.2. The minimum absolute atomic E-state index is 0.0272. The van der Waals surface area contributed by atoms with Gasteiger partial charge in [-0.1, -0.05) is 6.07 Å². The Labute approximate surface area is 161 Å². The fraction of sp³-hybridized carbons (Fsp3) is 0.650. The third-order valence-electron chi connectivity index (χ3n) is 5.31. The first-order chi connectivity index (χ1) is 13.0. The van der Waals surface area contributed by atoms with Gasteiger partial charge < -0.3 is 15.1 Å². The molecule has 1 aromatic heterocycles. The number of hydrogen-bond donors (Lipinski definition) is 1. The molecule has 1 N–H and O–H groups in total. The average Bonchev–Trinajstić information content (AvgIpc) is 3.17. The van der Waals surface area contributed by atoms with E-state index < -0.39 is 0 Å². The van der Waals surface area contributed by atoms with Crippen molar-refractivity contribution in [1.29, 1.82) is 0 Å². The van der Waals surface area contributed by atoms with Crippen LogP contribution in [0.1, 0.15) is 31.2 Å². The second-order valence-electron chi connectivity index (χ2n) is 7.68. The van der Waals surface area contributed by atoms with Gasteiger partial charge >= 0.3 is 6.03 Å². The van der Waals surface area contributed by atoms with Crippen LogP contribution in [0.5, 0.6) is 0 Å². The predicted octanol–water partition coefficient (Wildman–Crippen LogP) is 1.27. The van der Waals surface area contributed by atoms with E-state index in [0.717, 1.165) is 56.8 Å². The summed E-state index contributed by atoms with van der Waals surface area (Å²) in [7, 11) is 0. The number of urea groups is 1. The van der Waals surface area contributed by atoms with E-state index in [1.165, 1.54) is 0 Å². The van der Waals surface area contributed by atoms with Crippen LogP contribution in [0, 0.1) is 6.92 Å². The van der Waals surface area contributed by atoms with E-state index in [-0.39, 0.29) is 18.0 Å². The molecule has 1 atom stereocenters. The molecule has 0 saturated carbocycles. The van der Waals surface area contributed by atoms with Crippen molar-refractivity contribution in [1.82, 2.24) is 25.0 Å². The number of carbonyl (C=O) groups is 2. The Bertz CT molecular complexity index is 652. The molecular formula is C20H31N5O2. The number of aryl methyl sites for hydroxylation is 1. The van der Waals surface area contributed by atoms with Crippen molar-refractivity contribution in [3.63, 3.8) is 0 Å². The maximum absolute atomic E-state index is 12.5.